The van der Waals surface area contributed by atoms with Gasteiger partial charge >= 0.3 is 6.09 Å². The number of hydrogen-bond acceptors (Lipinski definition) is 11. The van der Waals surface area contributed by atoms with Crippen molar-refractivity contribution in [2.45, 2.75) is 60.9 Å². The molecule has 14 heteroatoms. The molecule has 6 heterocycles. The van der Waals surface area contributed by atoms with E-state index in [9.17, 15) is 13.6 Å². The van der Waals surface area contributed by atoms with Gasteiger partial charge in [-0.1, -0.05) is 12.5 Å². The highest BCUT2D eigenvalue weighted by Crippen LogP contribution is 2.45. The van der Waals surface area contributed by atoms with Crippen molar-refractivity contribution in [1.29, 1.82) is 0 Å². The van der Waals surface area contributed by atoms with E-state index in [1.165, 1.54) is 13.2 Å². The quantitative estimate of drug-likeness (QED) is 0.213. The van der Waals surface area contributed by atoms with Crippen molar-refractivity contribution in [3.8, 4) is 0 Å². The maximum atomic E-state index is 14.2. The summed E-state index contributed by atoms with van der Waals surface area (Å²) in [5.41, 5.74) is 2.85. The van der Waals surface area contributed by atoms with Gasteiger partial charge in [0.1, 0.15) is 23.6 Å². The molecule has 8 rings (SSSR count). The molecule has 4 aromatic heterocycles. The van der Waals surface area contributed by atoms with Gasteiger partial charge in [0.05, 0.1) is 24.2 Å². The number of nitrogens with zero attached hydrogens (tertiary/aromatic N) is 7. The fraction of sp³-hybridized carbons (Fsp3) is 0.472. The Kier molecular flexibility index (Phi) is 9.79. The number of methoxy groups -OCH3 is 1. The third kappa shape index (κ3) is 7.07. The van der Waals surface area contributed by atoms with Crippen LogP contribution in [0.2, 0.25) is 0 Å². The Hall–Kier alpha value is -4.85. The third-order valence-corrected chi connectivity index (χ3v) is 10.5. The lowest BCUT2D eigenvalue weighted by molar-refractivity contribution is 0.0870. The molecular weight excluding hydrogens is 642 g/mol. The molecule has 2 saturated carbocycles. The second-order valence-corrected chi connectivity index (χ2v) is 13.8. The number of rotatable bonds is 10. The summed E-state index contributed by atoms with van der Waals surface area (Å²) in [6.07, 6.45) is 6.26. The molecule has 1 amide bonds. The van der Waals surface area contributed by atoms with Gasteiger partial charge in [0.2, 0.25) is 0 Å². The van der Waals surface area contributed by atoms with Crippen LogP contribution in [0.15, 0.2) is 67.0 Å². The van der Waals surface area contributed by atoms with Gasteiger partial charge in [0.25, 0.3) is 0 Å². The predicted octanol–water partition coefficient (Wildman–Crippen LogP) is 4.75. The minimum atomic E-state index is -0.738. The molecule has 50 heavy (non-hydrogen) atoms. The lowest BCUT2D eigenvalue weighted by Crippen LogP contribution is -2.48. The standard InChI is InChI=1S/C19H22FN5O2.C17H20FN5/c1-27-18(26)25-10-13(11-25)15-5-6-16(24-23-15)22-12-19(7-3-8-19)17-14(20)4-2-9-21-17;18-13-7-17(8-13,15-3-1-2-6-20-15)11-21-16-5-4-14(22-23-16)12-9-19-10-12/h2,4-6,9,13H,3,7-8,10-12H2,1H3,(H,22,24);1-6,12-13,19H,7-11H2,(H,21,23). The number of carbonyl (C=O) groups excluding carboxylic acids is 1. The van der Waals surface area contributed by atoms with Crippen LogP contribution in [0.5, 0.6) is 0 Å². The van der Waals surface area contributed by atoms with Gasteiger partial charge in [-0.3, -0.25) is 9.97 Å². The lowest BCUT2D eigenvalue weighted by Gasteiger charge is -2.44. The van der Waals surface area contributed by atoms with E-state index in [1.807, 2.05) is 42.5 Å². The van der Waals surface area contributed by atoms with Crippen molar-refractivity contribution in [3.05, 3.63) is 95.6 Å². The molecule has 0 unspecified atom stereocenters. The van der Waals surface area contributed by atoms with Gasteiger partial charge < -0.3 is 25.6 Å². The zero-order valence-electron chi connectivity index (χ0n) is 28.1. The minimum Gasteiger partial charge on any atom is -0.453 e. The summed E-state index contributed by atoms with van der Waals surface area (Å²) in [5.74, 6) is 1.81. The zero-order chi connectivity index (χ0) is 34.6. The van der Waals surface area contributed by atoms with E-state index in [4.69, 9.17) is 4.74 Å². The Morgan fingerprint density at radius 1 is 0.860 bits per heavy atom. The normalized spacial score (nSPS) is 22.4. The van der Waals surface area contributed by atoms with Crippen LogP contribution in [0, 0.1) is 5.82 Å². The summed E-state index contributed by atoms with van der Waals surface area (Å²) in [5, 5.41) is 26.9. The number of carbonyl (C=O) groups is 1. The molecular formula is C36H42F2N10O2. The molecule has 3 N–H and O–H groups in total. The number of pyridine rings is 2. The van der Waals surface area contributed by atoms with Crippen LogP contribution in [0.25, 0.3) is 0 Å². The molecule has 0 spiro atoms. The summed E-state index contributed by atoms with van der Waals surface area (Å²) in [7, 11) is 1.38. The van der Waals surface area contributed by atoms with Gasteiger partial charge in [0, 0.05) is 80.0 Å². The Labute approximate surface area is 289 Å². The maximum Gasteiger partial charge on any atom is 0.409 e. The molecule has 2 aliphatic carbocycles. The van der Waals surface area contributed by atoms with Gasteiger partial charge in [-0.25, -0.2) is 13.6 Å². The first-order valence-electron chi connectivity index (χ1n) is 17.2. The van der Waals surface area contributed by atoms with E-state index < -0.39 is 6.17 Å². The number of aromatic nitrogens is 6. The van der Waals surface area contributed by atoms with Crippen molar-refractivity contribution < 1.29 is 18.3 Å². The number of alkyl halides is 1. The van der Waals surface area contributed by atoms with Gasteiger partial charge in [-0.2, -0.15) is 10.2 Å². The summed E-state index contributed by atoms with van der Waals surface area (Å²) >= 11 is 0. The molecule has 2 aliphatic heterocycles. The molecule has 2 saturated heterocycles. The largest absolute Gasteiger partial charge is 0.453 e. The monoisotopic (exact) mass is 684 g/mol. The van der Waals surface area contributed by atoms with Crippen molar-refractivity contribution in [2.24, 2.45) is 0 Å². The van der Waals surface area contributed by atoms with E-state index in [2.05, 4.69) is 46.3 Å². The average molecular weight is 685 g/mol. The van der Waals surface area contributed by atoms with Crippen molar-refractivity contribution in [2.75, 3.05) is 57.0 Å². The summed E-state index contributed by atoms with van der Waals surface area (Å²) in [6.45, 7) is 4.34. The molecule has 0 radical (unpaired) electrons. The Balaban J connectivity index is 0.000000159. The molecule has 0 bridgehead atoms. The number of halogens is 2. The number of nitrogens with one attached hydrogen (secondary N) is 3. The van der Waals surface area contributed by atoms with Gasteiger partial charge in [0.15, 0.2) is 0 Å². The minimum absolute atomic E-state index is 0.186. The van der Waals surface area contributed by atoms with Gasteiger partial charge in [-0.15, -0.1) is 10.2 Å². The predicted molar refractivity (Wildman–Crippen MR) is 183 cm³/mol. The number of likely N-dealkylation sites (tertiary alicyclic amines) is 1. The topological polar surface area (TPSA) is 143 Å². The Bertz CT molecular complexity index is 1730. The van der Waals surface area contributed by atoms with E-state index >= 15 is 0 Å². The molecule has 0 aromatic carbocycles. The molecule has 4 aromatic rings. The number of amides is 1. The van der Waals surface area contributed by atoms with Gasteiger partial charge in [-0.05, 0) is 74.2 Å². The van der Waals surface area contributed by atoms with Crippen molar-refractivity contribution >= 4 is 17.7 Å². The average Bonchev–Trinajstić information content (AvgIpc) is 3.07. The Morgan fingerprint density at radius 2 is 1.52 bits per heavy atom. The first-order valence-corrected chi connectivity index (χ1v) is 17.2. The smallest absolute Gasteiger partial charge is 0.409 e. The molecule has 12 nitrogen and oxygen atoms in total. The SMILES string of the molecule is COC(=O)N1CC(c2ccc(NCC3(c4ncccc4F)CCC3)nn2)C1.FC1CC(CNc2ccc(C3CNC3)nn2)(c2ccccn2)C1. The highest BCUT2D eigenvalue weighted by Gasteiger charge is 2.47. The fourth-order valence-corrected chi connectivity index (χ4v) is 7.06. The van der Waals surface area contributed by atoms with Crippen molar-refractivity contribution in [3.63, 3.8) is 0 Å². The van der Waals surface area contributed by atoms with Crippen LogP contribution in [0.1, 0.15) is 66.7 Å². The van der Waals surface area contributed by atoms with Crippen LogP contribution in [-0.4, -0.2) is 93.9 Å². The van der Waals surface area contributed by atoms with Crippen LogP contribution in [0.4, 0.5) is 25.2 Å². The third-order valence-electron chi connectivity index (χ3n) is 10.5. The van der Waals surface area contributed by atoms with Crippen LogP contribution >= 0.6 is 0 Å². The highest BCUT2D eigenvalue weighted by atomic mass is 19.1. The highest BCUT2D eigenvalue weighted by molar-refractivity contribution is 5.68. The first kappa shape index (κ1) is 33.6. The number of anilines is 2. The molecule has 0 atom stereocenters. The summed E-state index contributed by atoms with van der Waals surface area (Å²) < 4.78 is 32.4. The molecule has 262 valence electrons. The van der Waals surface area contributed by atoms with E-state index in [0.29, 0.717) is 56.5 Å². The van der Waals surface area contributed by atoms with E-state index in [1.54, 1.807) is 23.4 Å². The summed E-state index contributed by atoms with van der Waals surface area (Å²) in [4.78, 5) is 21.7. The summed E-state index contributed by atoms with van der Waals surface area (Å²) in [6, 6.07) is 16.7. The van der Waals surface area contributed by atoms with Crippen molar-refractivity contribution in [1.82, 2.24) is 40.6 Å². The van der Waals surface area contributed by atoms with Crippen LogP contribution < -0.4 is 16.0 Å². The zero-order valence-corrected chi connectivity index (χ0v) is 28.1. The van der Waals surface area contributed by atoms with E-state index in [-0.39, 0.29) is 28.7 Å². The number of ether oxygens (including phenoxy) is 1. The second kappa shape index (κ2) is 14.6. The molecule has 4 aliphatic rings. The first-order chi connectivity index (χ1) is 24.4. The number of hydrogen-bond donors (Lipinski definition) is 3. The van der Waals surface area contributed by atoms with E-state index in [0.717, 1.165) is 55.3 Å². The van der Waals surface area contributed by atoms with Crippen LogP contribution in [0.3, 0.4) is 0 Å². The lowest BCUT2D eigenvalue weighted by atomic mass is 9.65. The maximum absolute atomic E-state index is 14.2. The molecule has 4 fully saturated rings. The fourth-order valence-electron chi connectivity index (χ4n) is 7.06. The second-order valence-electron chi connectivity index (χ2n) is 13.8. The Morgan fingerprint density at radius 3 is 2.02 bits per heavy atom. The van der Waals surface area contributed by atoms with Crippen LogP contribution in [-0.2, 0) is 15.6 Å².